The van der Waals surface area contributed by atoms with Crippen molar-refractivity contribution in [3.8, 4) is 0 Å². The Morgan fingerprint density at radius 2 is 1.76 bits per heavy atom. The second kappa shape index (κ2) is 4.10. The average Bonchev–Trinajstić information content (AvgIpc) is 2.60. The Morgan fingerprint density at radius 3 is 2.24 bits per heavy atom. The van der Waals surface area contributed by atoms with Gasteiger partial charge in [0.25, 0.3) is 0 Å². The van der Waals surface area contributed by atoms with Crippen LogP contribution >= 0.6 is 0 Å². The van der Waals surface area contributed by atoms with Crippen molar-refractivity contribution in [2.75, 3.05) is 11.5 Å². The zero-order valence-electron chi connectivity index (χ0n) is 9.46. The van der Waals surface area contributed by atoms with Gasteiger partial charge >= 0.3 is 0 Å². The van der Waals surface area contributed by atoms with Gasteiger partial charge in [-0.3, -0.25) is 0 Å². The van der Waals surface area contributed by atoms with E-state index in [4.69, 9.17) is 0 Å². The number of benzene rings is 1. The van der Waals surface area contributed by atoms with E-state index in [9.17, 15) is 16.8 Å². The Bertz CT molecular complexity index is 612. The predicted molar refractivity (Wildman–Crippen MR) is 65.4 cm³/mol. The van der Waals surface area contributed by atoms with Crippen LogP contribution in [0, 0.1) is 6.92 Å². The fourth-order valence-electron chi connectivity index (χ4n) is 1.93. The minimum absolute atomic E-state index is 0.0250. The number of rotatable bonds is 2. The fraction of sp³-hybridized carbons (Fsp3) is 0.455. The van der Waals surface area contributed by atoms with Crippen LogP contribution < -0.4 is 0 Å². The Morgan fingerprint density at radius 1 is 1.18 bits per heavy atom. The minimum atomic E-state index is -3.51. The van der Waals surface area contributed by atoms with Crippen LogP contribution in [0.4, 0.5) is 0 Å². The summed E-state index contributed by atoms with van der Waals surface area (Å²) in [6.45, 7) is 1.87. The van der Waals surface area contributed by atoms with Crippen LogP contribution in [0.3, 0.4) is 0 Å². The van der Waals surface area contributed by atoms with E-state index in [1.807, 2.05) is 6.92 Å². The van der Waals surface area contributed by atoms with Gasteiger partial charge in [0.15, 0.2) is 19.7 Å². The predicted octanol–water partition coefficient (Wildman–Crippen LogP) is 0.956. The van der Waals surface area contributed by atoms with Crippen LogP contribution in [0.5, 0.6) is 0 Å². The summed E-state index contributed by atoms with van der Waals surface area (Å²) in [5, 5.41) is -0.782. The maximum atomic E-state index is 12.2. The molecule has 1 aliphatic heterocycles. The third kappa shape index (κ3) is 2.52. The Kier molecular flexibility index (Phi) is 3.03. The van der Waals surface area contributed by atoms with Crippen LogP contribution in [-0.4, -0.2) is 33.6 Å². The summed E-state index contributed by atoms with van der Waals surface area (Å²) >= 11 is 0. The number of sulfone groups is 2. The SMILES string of the molecule is Cc1ccc(S(=O)(=O)[C@@H]2CCS(=O)(=O)C2)cc1. The first-order chi connectivity index (χ1) is 7.81. The number of aryl methyl sites for hydroxylation is 1. The van der Waals surface area contributed by atoms with Gasteiger partial charge in [0, 0.05) is 0 Å². The van der Waals surface area contributed by atoms with E-state index >= 15 is 0 Å². The first-order valence-electron chi connectivity index (χ1n) is 5.32. The second-order valence-corrected chi connectivity index (χ2v) is 8.84. The van der Waals surface area contributed by atoms with Crippen LogP contribution in [0.1, 0.15) is 12.0 Å². The molecule has 4 nitrogen and oxygen atoms in total. The Balaban J connectivity index is 2.35. The van der Waals surface area contributed by atoms with Crippen LogP contribution in [0.15, 0.2) is 29.2 Å². The first-order valence-corrected chi connectivity index (χ1v) is 8.69. The molecule has 0 radical (unpaired) electrons. The first kappa shape index (κ1) is 12.6. The quantitative estimate of drug-likeness (QED) is 0.805. The molecule has 1 heterocycles. The normalized spacial score (nSPS) is 23.7. The molecule has 1 aliphatic rings. The molecule has 1 aromatic carbocycles. The summed E-state index contributed by atoms with van der Waals surface area (Å²) in [5.74, 6) is -0.272. The van der Waals surface area contributed by atoms with E-state index in [1.54, 1.807) is 12.1 Å². The molecule has 1 saturated heterocycles. The lowest BCUT2D eigenvalue weighted by Gasteiger charge is -2.09. The zero-order valence-corrected chi connectivity index (χ0v) is 11.1. The van der Waals surface area contributed by atoms with Crippen molar-refractivity contribution in [2.45, 2.75) is 23.5 Å². The molecule has 2 rings (SSSR count). The molecule has 1 fully saturated rings. The molecule has 17 heavy (non-hydrogen) atoms. The lowest BCUT2D eigenvalue weighted by molar-refractivity contribution is 0.582. The number of hydrogen-bond acceptors (Lipinski definition) is 4. The van der Waals surface area contributed by atoms with Gasteiger partial charge in [-0.2, -0.15) is 0 Å². The van der Waals surface area contributed by atoms with E-state index in [-0.39, 0.29) is 22.8 Å². The molecule has 1 aromatic rings. The molecule has 6 heteroatoms. The molecule has 0 unspecified atom stereocenters. The van der Waals surface area contributed by atoms with Crippen LogP contribution in [-0.2, 0) is 19.7 Å². The molecular formula is C11H14O4S2. The number of hydrogen-bond donors (Lipinski definition) is 0. The van der Waals surface area contributed by atoms with E-state index < -0.39 is 24.9 Å². The Labute approximate surface area is 102 Å². The van der Waals surface area contributed by atoms with Crippen molar-refractivity contribution in [1.82, 2.24) is 0 Å². The third-order valence-corrected chi connectivity index (χ3v) is 7.17. The van der Waals surface area contributed by atoms with Gasteiger partial charge in [0.05, 0.1) is 21.7 Å². The largest absolute Gasteiger partial charge is 0.229 e. The van der Waals surface area contributed by atoms with Crippen LogP contribution in [0.25, 0.3) is 0 Å². The highest BCUT2D eigenvalue weighted by atomic mass is 32.2. The molecule has 0 aliphatic carbocycles. The maximum absolute atomic E-state index is 12.2. The average molecular weight is 274 g/mol. The van der Waals surface area contributed by atoms with Crippen molar-refractivity contribution in [2.24, 2.45) is 0 Å². The lowest BCUT2D eigenvalue weighted by atomic mass is 10.2. The third-order valence-electron chi connectivity index (χ3n) is 2.98. The second-order valence-electron chi connectivity index (χ2n) is 4.38. The van der Waals surface area contributed by atoms with Gasteiger partial charge in [-0.25, -0.2) is 16.8 Å². The minimum Gasteiger partial charge on any atom is -0.229 e. The van der Waals surface area contributed by atoms with Crippen molar-refractivity contribution in [1.29, 1.82) is 0 Å². The van der Waals surface area contributed by atoms with Gasteiger partial charge in [0.1, 0.15) is 0 Å². The zero-order chi connectivity index (χ0) is 12.7. The fourth-order valence-corrected chi connectivity index (χ4v) is 6.29. The van der Waals surface area contributed by atoms with E-state index in [1.165, 1.54) is 12.1 Å². The standard InChI is InChI=1S/C11H14O4S2/c1-9-2-4-10(5-3-9)17(14,15)11-6-7-16(12,13)8-11/h2-5,11H,6-8H2,1H3/t11-/m1/s1. The summed E-state index contributed by atoms with van der Waals surface area (Å²) in [6, 6.07) is 6.51. The van der Waals surface area contributed by atoms with Crippen LogP contribution in [0.2, 0.25) is 0 Å². The summed E-state index contributed by atoms with van der Waals surface area (Å²) < 4.78 is 47.0. The van der Waals surface area contributed by atoms with Gasteiger partial charge < -0.3 is 0 Å². The van der Waals surface area contributed by atoms with E-state index in [0.29, 0.717) is 0 Å². The van der Waals surface area contributed by atoms with E-state index in [0.717, 1.165) is 5.56 Å². The molecular weight excluding hydrogens is 260 g/mol. The Hall–Kier alpha value is -0.880. The lowest BCUT2D eigenvalue weighted by Crippen LogP contribution is -2.22. The van der Waals surface area contributed by atoms with Crippen molar-refractivity contribution >= 4 is 19.7 Å². The van der Waals surface area contributed by atoms with Crippen molar-refractivity contribution < 1.29 is 16.8 Å². The smallest absolute Gasteiger partial charge is 0.182 e. The van der Waals surface area contributed by atoms with Gasteiger partial charge in [-0.05, 0) is 25.5 Å². The summed E-state index contributed by atoms with van der Waals surface area (Å²) in [6.07, 6.45) is 0.207. The topological polar surface area (TPSA) is 68.3 Å². The molecule has 0 bridgehead atoms. The van der Waals surface area contributed by atoms with Gasteiger partial charge in [-0.15, -0.1) is 0 Å². The molecule has 0 spiro atoms. The molecule has 1 atom stereocenters. The van der Waals surface area contributed by atoms with Gasteiger partial charge in [0.2, 0.25) is 0 Å². The highest BCUT2D eigenvalue weighted by Gasteiger charge is 2.37. The molecule has 0 aromatic heterocycles. The highest BCUT2D eigenvalue weighted by Crippen LogP contribution is 2.25. The van der Waals surface area contributed by atoms with E-state index in [2.05, 4.69) is 0 Å². The summed E-state index contributed by atoms with van der Waals surface area (Å²) in [5.41, 5.74) is 0.975. The molecule has 0 saturated carbocycles. The molecule has 0 amide bonds. The molecule has 0 N–H and O–H groups in total. The van der Waals surface area contributed by atoms with Crippen molar-refractivity contribution in [3.63, 3.8) is 0 Å². The summed E-state index contributed by atoms with van der Waals surface area (Å²) in [4.78, 5) is 0.213. The monoisotopic (exact) mass is 274 g/mol. The maximum Gasteiger partial charge on any atom is 0.182 e. The highest BCUT2D eigenvalue weighted by molar-refractivity contribution is 7.96. The summed E-state index contributed by atoms with van der Waals surface area (Å²) in [7, 11) is -6.68. The van der Waals surface area contributed by atoms with Crippen molar-refractivity contribution in [3.05, 3.63) is 29.8 Å². The van der Waals surface area contributed by atoms with Gasteiger partial charge in [-0.1, -0.05) is 17.7 Å². The molecule has 94 valence electrons.